The van der Waals surface area contributed by atoms with Crippen LogP contribution in [0.25, 0.3) is 0 Å². The third-order valence-corrected chi connectivity index (χ3v) is 5.15. The Morgan fingerprint density at radius 3 is 2.24 bits per heavy atom. The second-order valence-electron chi connectivity index (χ2n) is 5.11. The third kappa shape index (κ3) is 5.73. The molecule has 2 aromatic rings. The molecule has 0 heterocycles. The van der Waals surface area contributed by atoms with Gasteiger partial charge in [0.2, 0.25) is 0 Å². The van der Waals surface area contributed by atoms with Crippen LogP contribution in [0, 0.1) is 0 Å². The van der Waals surface area contributed by atoms with E-state index in [1.807, 2.05) is 18.2 Å². The molecule has 4 nitrogen and oxygen atoms in total. The Kier molecular flexibility index (Phi) is 7.75. The van der Waals surface area contributed by atoms with E-state index in [1.165, 1.54) is 0 Å². The Balaban J connectivity index is 1.83. The number of amides is 1. The van der Waals surface area contributed by atoms with Gasteiger partial charge in [-0.2, -0.15) is 11.8 Å². The highest BCUT2D eigenvalue weighted by Crippen LogP contribution is 2.28. The summed E-state index contributed by atoms with van der Waals surface area (Å²) in [6.45, 7) is 0.533. The third-order valence-electron chi connectivity index (χ3n) is 3.45. The molecule has 2 aromatic carbocycles. The van der Waals surface area contributed by atoms with E-state index >= 15 is 0 Å². The van der Waals surface area contributed by atoms with Crippen molar-refractivity contribution in [1.29, 1.82) is 0 Å². The molecule has 2 rings (SSSR count). The van der Waals surface area contributed by atoms with Crippen LogP contribution in [0.15, 0.2) is 36.4 Å². The van der Waals surface area contributed by atoms with Crippen molar-refractivity contribution in [2.75, 3.05) is 26.5 Å². The molecule has 0 radical (unpaired) electrons. The first kappa shape index (κ1) is 19.8. The fourth-order valence-electron chi connectivity index (χ4n) is 2.12. The lowest BCUT2D eigenvalue weighted by Gasteiger charge is -2.10. The lowest BCUT2D eigenvalue weighted by molar-refractivity contribution is 0.0955. The fraction of sp³-hybridized carbons (Fsp3) is 0.278. The highest BCUT2D eigenvalue weighted by atomic mass is 35.5. The van der Waals surface area contributed by atoms with Crippen molar-refractivity contribution in [2.45, 2.75) is 5.75 Å². The molecule has 0 saturated carbocycles. The SMILES string of the molecule is COc1cc(OC)cc(C(=O)NCCSCc2c(Cl)cccc2Cl)c1. The summed E-state index contributed by atoms with van der Waals surface area (Å²) in [6, 6.07) is 10.5. The number of hydrogen-bond acceptors (Lipinski definition) is 4. The Morgan fingerprint density at radius 2 is 1.68 bits per heavy atom. The summed E-state index contributed by atoms with van der Waals surface area (Å²) in [5.74, 6) is 2.42. The minimum Gasteiger partial charge on any atom is -0.497 e. The molecule has 0 spiro atoms. The van der Waals surface area contributed by atoms with Crippen LogP contribution in [0.5, 0.6) is 11.5 Å². The average Bonchev–Trinajstić information content (AvgIpc) is 2.62. The van der Waals surface area contributed by atoms with Crippen LogP contribution in [0.2, 0.25) is 10.0 Å². The van der Waals surface area contributed by atoms with Gasteiger partial charge >= 0.3 is 0 Å². The van der Waals surface area contributed by atoms with Crippen molar-refractivity contribution in [3.05, 3.63) is 57.6 Å². The van der Waals surface area contributed by atoms with Crippen molar-refractivity contribution in [1.82, 2.24) is 5.32 Å². The zero-order chi connectivity index (χ0) is 18.2. The van der Waals surface area contributed by atoms with E-state index in [0.717, 1.165) is 11.3 Å². The van der Waals surface area contributed by atoms with Gasteiger partial charge in [0.1, 0.15) is 11.5 Å². The molecule has 0 aliphatic carbocycles. The van der Waals surface area contributed by atoms with Gasteiger partial charge in [-0.15, -0.1) is 0 Å². The second kappa shape index (κ2) is 9.80. The second-order valence-corrected chi connectivity index (χ2v) is 7.03. The van der Waals surface area contributed by atoms with Crippen LogP contribution in [0.1, 0.15) is 15.9 Å². The van der Waals surface area contributed by atoms with Gasteiger partial charge in [-0.05, 0) is 29.8 Å². The number of benzene rings is 2. The van der Waals surface area contributed by atoms with Crippen molar-refractivity contribution in [3.63, 3.8) is 0 Å². The van der Waals surface area contributed by atoms with Crippen LogP contribution >= 0.6 is 35.0 Å². The predicted molar refractivity (Wildman–Crippen MR) is 105 cm³/mol. The number of carbonyl (C=O) groups is 1. The summed E-state index contributed by atoms with van der Waals surface area (Å²) >= 11 is 13.9. The standard InChI is InChI=1S/C18H19Cl2NO3S/c1-23-13-8-12(9-14(10-13)24-2)18(22)21-6-7-25-11-15-16(19)4-3-5-17(15)20/h3-5,8-10H,6-7,11H2,1-2H3,(H,21,22). The number of ether oxygens (including phenoxy) is 2. The van der Waals surface area contributed by atoms with Crippen LogP contribution in [-0.4, -0.2) is 32.4 Å². The van der Waals surface area contributed by atoms with Crippen LogP contribution in [0.3, 0.4) is 0 Å². The molecule has 0 aliphatic rings. The minimum absolute atomic E-state index is 0.173. The van der Waals surface area contributed by atoms with E-state index in [9.17, 15) is 4.79 Å². The maximum Gasteiger partial charge on any atom is 0.251 e. The van der Waals surface area contributed by atoms with Crippen LogP contribution in [0.4, 0.5) is 0 Å². The fourth-order valence-corrected chi connectivity index (χ4v) is 3.72. The van der Waals surface area contributed by atoms with E-state index in [2.05, 4.69) is 5.32 Å². The molecule has 1 N–H and O–H groups in total. The van der Waals surface area contributed by atoms with Gasteiger partial charge in [0.25, 0.3) is 5.91 Å². The predicted octanol–water partition coefficient (Wildman–Crippen LogP) is 4.67. The largest absolute Gasteiger partial charge is 0.497 e. The zero-order valence-corrected chi connectivity index (χ0v) is 16.3. The highest BCUT2D eigenvalue weighted by molar-refractivity contribution is 7.98. The minimum atomic E-state index is -0.173. The number of methoxy groups -OCH3 is 2. The molecular weight excluding hydrogens is 381 g/mol. The molecule has 0 bridgehead atoms. The summed E-state index contributed by atoms with van der Waals surface area (Å²) in [4.78, 5) is 12.2. The Morgan fingerprint density at radius 1 is 1.08 bits per heavy atom. The van der Waals surface area contributed by atoms with Crippen molar-refractivity contribution >= 4 is 40.9 Å². The van der Waals surface area contributed by atoms with Crippen LogP contribution in [-0.2, 0) is 5.75 Å². The summed E-state index contributed by atoms with van der Waals surface area (Å²) in [6.07, 6.45) is 0. The zero-order valence-electron chi connectivity index (χ0n) is 14.0. The summed E-state index contributed by atoms with van der Waals surface area (Å²) in [5.41, 5.74) is 1.41. The summed E-state index contributed by atoms with van der Waals surface area (Å²) in [5, 5.41) is 4.20. The maximum atomic E-state index is 12.2. The molecule has 0 aromatic heterocycles. The number of rotatable bonds is 8. The first-order chi connectivity index (χ1) is 12.0. The molecule has 0 fully saturated rings. The molecule has 25 heavy (non-hydrogen) atoms. The average molecular weight is 400 g/mol. The van der Waals surface area contributed by atoms with Gasteiger partial charge in [-0.3, -0.25) is 4.79 Å². The molecular formula is C18H19Cl2NO3S. The van der Waals surface area contributed by atoms with E-state index in [1.54, 1.807) is 44.2 Å². The van der Waals surface area contributed by atoms with E-state index in [0.29, 0.717) is 39.4 Å². The normalized spacial score (nSPS) is 10.4. The Labute approximate surface area is 161 Å². The van der Waals surface area contributed by atoms with Gasteiger partial charge in [0, 0.05) is 39.7 Å². The molecule has 0 saturated heterocycles. The van der Waals surface area contributed by atoms with E-state index in [-0.39, 0.29) is 5.91 Å². The smallest absolute Gasteiger partial charge is 0.251 e. The number of thioether (sulfide) groups is 1. The lowest BCUT2D eigenvalue weighted by Crippen LogP contribution is -2.25. The molecule has 0 atom stereocenters. The number of hydrogen-bond donors (Lipinski definition) is 1. The number of nitrogens with one attached hydrogen (secondary N) is 1. The van der Waals surface area contributed by atoms with Crippen molar-refractivity contribution in [3.8, 4) is 11.5 Å². The lowest BCUT2D eigenvalue weighted by atomic mass is 10.2. The topological polar surface area (TPSA) is 47.6 Å². The van der Waals surface area contributed by atoms with Crippen molar-refractivity contribution in [2.24, 2.45) is 0 Å². The molecule has 7 heteroatoms. The number of carbonyl (C=O) groups excluding carboxylic acids is 1. The maximum absolute atomic E-state index is 12.2. The first-order valence-corrected chi connectivity index (χ1v) is 9.48. The van der Waals surface area contributed by atoms with Crippen LogP contribution < -0.4 is 14.8 Å². The van der Waals surface area contributed by atoms with E-state index < -0.39 is 0 Å². The van der Waals surface area contributed by atoms with Crippen molar-refractivity contribution < 1.29 is 14.3 Å². The highest BCUT2D eigenvalue weighted by Gasteiger charge is 2.10. The Hall–Kier alpha value is -1.56. The monoisotopic (exact) mass is 399 g/mol. The van der Waals surface area contributed by atoms with Gasteiger partial charge in [-0.25, -0.2) is 0 Å². The Bertz CT molecular complexity index is 698. The van der Waals surface area contributed by atoms with Gasteiger partial charge < -0.3 is 14.8 Å². The molecule has 0 unspecified atom stereocenters. The quantitative estimate of drug-likeness (QED) is 0.654. The van der Waals surface area contributed by atoms with E-state index in [4.69, 9.17) is 32.7 Å². The summed E-state index contributed by atoms with van der Waals surface area (Å²) < 4.78 is 10.3. The van der Waals surface area contributed by atoms with Gasteiger partial charge in [0.15, 0.2) is 0 Å². The van der Waals surface area contributed by atoms with Gasteiger partial charge in [-0.1, -0.05) is 29.3 Å². The molecule has 1 amide bonds. The number of halogens is 2. The molecule has 0 aliphatic heterocycles. The molecule has 134 valence electrons. The first-order valence-electron chi connectivity index (χ1n) is 7.57. The summed E-state index contributed by atoms with van der Waals surface area (Å²) in [7, 11) is 3.10. The van der Waals surface area contributed by atoms with Gasteiger partial charge in [0.05, 0.1) is 14.2 Å².